The Morgan fingerprint density at radius 2 is 1.30 bits per heavy atom. The second-order valence-corrected chi connectivity index (χ2v) is 7.72. The molecule has 136 valence electrons. The van der Waals surface area contributed by atoms with Crippen LogP contribution in [-0.4, -0.2) is 12.4 Å². The van der Waals surface area contributed by atoms with Crippen molar-refractivity contribution in [1.82, 2.24) is 0 Å². The first-order valence-electron chi connectivity index (χ1n) is 8.07. The van der Waals surface area contributed by atoms with Crippen molar-refractivity contribution in [2.75, 3.05) is 0 Å². The molecule has 4 nitrogen and oxygen atoms in total. The summed E-state index contributed by atoms with van der Waals surface area (Å²) in [5.41, 5.74) is 0. The number of hydrogen-bond donors (Lipinski definition) is 0. The fourth-order valence-corrected chi connectivity index (χ4v) is 4.09. The summed E-state index contributed by atoms with van der Waals surface area (Å²) >= 11 is 3.27. The molecule has 0 heterocycles. The fourth-order valence-electron chi connectivity index (χ4n) is 2.26. The molecule has 0 unspecified atom stereocenters. The molecule has 0 saturated carbocycles. The van der Waals surface area contributed by atoms with Gasteiger partial charge >= 0.3 is 5.97 Å². The largest absolute Gasteiger partial charge is 0.429 e. The number of rotatable bonds is 7. The van der Waals surface area contributed by atoms with E-state index in [1.807, 2.05) is 36.4 Å². The molecule has 0 saturated heterocycles. The first-order valence-corrected chi connectivity index (χ1v) is 9.70. The summed E-state index contributed by atoms with van der Waals surface area (Å²) in [7, 11) is 0. The topological polar surface area (TPSA) is 52.6 Å². The van der Waals surface area contributed by atoms with Gasteiger partial charge in [-0.2, -0.15) is 0 Å². The number of carbonyl (C=O) groups excluding carboxylic acids is 2. The lowest BCUT2D eigenvalue weighted by Gasteiger charge is -2.07. The Labute approximate surface area is 165 Å². The number of hydrogen-bond acceptors (Lipinski definition) is 6. The summed E-state index contributed by atoms with van der Waals surface area (Å²) in [5, 5.41) is 0. The summed E-state index contributed by atoms with van der Waals surface area (Å²) < 4.78 is 9.85. The third-order valence-electron chi connectivity index (χ3n) is 3.37. The van der Waals surface area contributed by atoms with Gasteiger partial charge in [-0.1, -0.05) is 29.6 Å². The van der Waals surface area contributed by atoms with Crippen LogP contribution in [-0.2, 0) is 9.59 Å². The molecule has 3 aromatic rings. The zero-order valence-electron chi connectivity index (χ0n) is 14.5. The number of benzene rings is 3. The Bertz CT molecular complexity index is 922. The van der Waals surface area contributed by atoms with Gasteiger partial charge in [-0.25, -0.2) is 0 Å². The Morgan fingerprint density at radius 1 is 0.778 bits per heavy atom. The average Bonchev–Trinajstić information content (AvgIpc) is 2.65. The van der Waals surface area contributed by atoms with Gasteiger partial charge < -0.3 is 9.47 Å². The fraction of sp³-hybridized carbons (Fsp3) is 0.0476. The van der Waals surface area contributed by atoms with E-state index in [1.165, 1.54) is 6.92 Å². The molecule has 0 aromatic heterocycles. The van der Waals surface area contributed by atoms with Crippen LogP contribution in [0.4, 0.5) is 0 Å². The number of ether oxygens (including phenoxy) is 2. The highest BCUT2D eigenvalue weighted by molar-refractivity contribution is 8.00. The van der Waals surface area contributed by atoms with Crippen molar-refractivity contribution < 1.29 is 19.1 Å². The van der Waals surface area contributed by atoms with Crippen LogP contribution in [0.3, 0.4) is 0 Å². The third kappa shape index (κ3) is 5.91. The highest BCUT2D eigenvalue weighted by Gasteiger charge is 2.04. The lowest BCUT2D eigenvalue weighted by Crippen LogP contribution is -2.00. The van der Waals surface area contributed by atoms with E-state index in [0.717, 1.165) is 19.6 Å². The molecule has 0 atom stereocenters. The van der Waals surface area contributed by atoms with Gasteiger partial charge in [-0.3, -0.25) is 9.59 Å². The van der Waals surface area contributed by atoms with Gasteiger partial charge in [0.1, 0.15) is 11.5 Å². The highest BCUT2D eigenvalue weighted by Crippen LogP contribution is 2.34. The van der Waals surface area contributed by atoms with E-state index in [-0.39, 0.29) is 5.97 Å². The van der Waals surface area contributed by atoms with Crippen molar-refractivity contribution in [2.45, 2.75) is 26.5 Å². The molecule has 27 heavy (non-hydrogen) atoms. The zero-order valence-corrected chi connectivity index (χ0v) is 16.1. The molecule has 3 aromatic carbocycles. The van der Waals surface area contributed by atoms with Crippen molar-refractivity contribution in [2.24, 2.45) is 0 Å². The lowest BCUT2D eigenvalue weighted by molar-refractivity contribution is -0.131. The molecular formula is C21H16O4S2. The van der Waals surface area contributed by atoms with Gasteiger partial charge in [0.05, 0.1) is 0 Å². The molecular weight excluding hydrogens is 380 g/mol. The number of esters is 1. The second-order valence-electron chi connectivity index (χ2n) is 5.43. The zero-order chi connectivity index (χ0) is 19.1. The summed E-state index contributed by atoms with van der Waals surface area (Å²) in [6.07, 6.45) is 0. The van der Waals surface area contributed by atoms with Crippen LogP contribution in [0.1, 0.15) is 6.92 Å². The van der Waals surface area contributed by atoms with Crippen molar-refractivity contribution >= 4 is 36.0 Å². The van der Waals surface area contributed by atoms with E-state index in [9.17, 15) is 9.59 Å². The molecule has 3 rings (SSSR count). The summed E-state index contributed by atoms with van der Waals surface area (Å²) in [6.45, 7) is 1.80. The van der Waals surface area contributed by atoms with Crippen LogP contribution in [0.2, 0.25) is 0 Å². The standard InChI is InChI=1S/C21H16O4S2/c1-15(23)25-17-7-11-19(12-8-17)27-21-4-2-3-20(13-21)26-18-9-5-16(6-10-18)24-14-22/h2-14H,1H3. The maximum atomic E-state index is 11.0. The van der Waals surface area contributed by atoms with E-state index in [1.54, 1.807) is 47.8 Å². The van der Waals surface area contributed by atoms with Gasteiger partial charge in [0.15, 0.2) is 0 Å². The maximum Gasteiger partial charge on any atom is 0.308 e. The Kier molecular flexibility index (Phi) is 6.57. The summed E-state index contributed by atoms with van der Waals surface area (Å²) in [5.74, 6) is 0.736. The lowest BCUT2D eigenvalue weighted by atomic mass is 10.3. The van der Waals surface area contributed by atoms with Gasteiger partial charge in [0.25, 0.3) is 6.47 Å². The van der Waals surface area contributed by atoms with Gasteiger partial charge in [-0.15, -0.1) is 0 Å². The summed E-state index contributed by atoms with van der Waals surface area (Å²) in [6, 6.07) is 23.0. The maximum absolute atomic E-state index is 11.0. The van der Waals surface area contributed by atoms with Crippen molar-refractivity contribution in [3.63, 3.8) is 0 Å². The van der Waals surface area contributed by atoms with Gasteiger partial charge in [-0.05, 0) is 66.7 Å². The van der Waals surface area contributed by atoms with Crippen molar-refractivity contribution in [1.29, 1.82) is 0 Å². The molecule has 0 aliphatic rings. The Morgan fingerprint density at radius 3 is 1.78 bits per heavy atom. The number of carbonyl (C=O) groups is 2. The second kappa shape index (κ2) is 9.30. The predicted molar refractivity (Wildman–Crippen MR) is 106 cm³/mol. The molecule has 6 heteroatoms. The quantitative estimate of drug-likeness (QED) is 0.301. The highest BCUT2D eigenvalue weighted by atomic mass is 32.2. The van der Waals surface area contributed by atoms with E-state index < -0.39 is 0 Å². The molecule has 0 radical (unpaired) electrons. The Balaban J connectivity index is 1.66. The van der Waals surface area contributed by atoms with Gasteiger partial charge in [0, 0.05) is 26.5 Å². The normalized spacial score (nSPS) is 10.3. The third-order valence-corrected chi connectivity index (χ3v) is 5.37. The smallest absolute Gasteiger partial charge is 0.308 e. The van der Waals surface area contributed by atoms with E-state index in [4.69, 9.17) is 9.47 Å². The molecule has 0 N–H and O–H groups in total. The van der Waals surface area contributed by atoms with Crippen molar-refractivity contribution in [3.8, 4) is 11.5 Å². The monoisotopic (exact) mass is 396 g/mol. The first kappa shape index (κ1) is 19.1. The molecule has 0 aliphatic heterocycles. The molecule has 0 amide bonds. The SMILES string of the molecule is CC(=O)Oc1ccc(Sc2cccc(Sc3ccc(OC=O)cc3)c2)cc1. The van der Waals surface area contributed by atoms with Gasteiger partial charge in [0.2, 0.25) is 0 Å². The minimum Gasteiger partial charge on any atom is -0.429 e. The minimum absolute atomic E-state index is 0.328. The van der Waals surface area contributed by atoms with Crippen LogP contribution < -0.4 is 9.47 Å². The Hall–Kier alpha value is -2.70. The van der Waals surface area contributed by atoms with E-state index >= 15 is 0 Å². The van der Waals surface area contributed by atoms with Crippen LogP contribution >= 0.6 is 23.5 Å². The molecule has 0 spiro atoms. The minimum atomic E-state index is -0.328. The van der Waals surface area contributed by atoms with E-state index in [0.29, 0.717) is 18.0 Å². The van der Waals surface area contributed by atoms with Crippen LogP contribution in [0.5, 0.6) is 11.5 Å². The van der Waals surface area contributed by atoms with E-state index in [2.05, 4.69) is 12.1 Å². The van der Waals surface area contributed by atoms with Crippen LogP contribution in [0, 0.1) is 0 Å². The average molecular weight is 396 g/mol. The molecule has 0 fully saturated rings. The van der Waals surface area contributed by atoms with Crippen LogP contribution in [0.15, 0.2) is 92.4 Å². The molecule has 0 bridgehead atoms. The summed E-state index contributed by atoms with van der Waals surface area (Å²) in [4.78, 5) is 25.7. The first-order chi connectivity index (χ1) is 13.1. The van der Waals surface area contributed by atoms with Crippen LogP contribution in [0.25, 0.3) is 0 Å². The molecule has 0 aliphatic carbocycles. The predicted octanol–water partition coefficient (Wildman–Crippen LogP) is 5.45. The van der Waals surface area contributed by atoms with Crippen molar-refractivity contribution in [3.05, 3.63) is 72.8 Å².